The summed E-state index contributed by atoms with van der Waals surface area (Å²) in [6.45, 7) is 3.55. The van der Waals surface area contributed by atoms with Crippen LogP contribution in [0.25, 0.3) is 10.9 Å². The van der Waals surface area contributed by atoms with Gasteiger partial charge in [-0.1, -0.05) is 30.4 Å². The van der Waals surface area contributed by atoms with Crippen molar-refractivity contribution < 1.29 is 0 Å². The smallest absolute Gasteiger partial charge is 0.0479 e. The van der Waals surface area contributed by atoms with E-state index in [0.29, 0.717) is 0 Å². The molecule has 3 heteroatoms. The normalized spacial score (nSPS) is 21.0. The highest BCUT2D eigenvalue weighted by atomic mass is 15.1. The molecule has 1 atom stereocenters. The number of rotatable bonds is 4. The topological polar surface area (TPSA) is 31.1 Å². The number of hydrogen-bond donors (Lipinski definition) is 2. The van der Waals surface area contributed by atoms with Gasteiger partial charge in [-0.2, -0.15) is 0 Å². The van der Waals surface area contributed by atoms with Crippen molar-refractivity contribution in [2.75, 3.05) is 32.0 Å². The summed E-state index contributed by atoms with van der Waals surface area (Å²) in [5.74, 6) is 0.729. The zero-order valence-electron chi connectivity index (χ0n) is 14.5. The highest BCUT2D eigenvalue weighted by molar-refractivity contribution is 5.96. The molecular formula is C21H27N3. The fraction of sp³-hybridized carbons (Fsp3) is 0.429. The Bertz CT molecular complexity index is 769. The predicted octanol–water partition coefficient (Wildman–Crippen LogP) is 4.13. The standard InChI is InChI=1S/C21H27N3/c1-22-19-8-5-9-20-21(19)17-11-14-24(15-12-18(17)23-20)13-10-16-6-3-2-4-7-16/h2-6,8-9,16,22-23H,7,10-15H2,1H3. The molecule has 0 saturated heterocycles. The van der Waals surface area contributed by atoms with Gasteiger partial charge in [0.1, 0.15) is 0 Å². The van der Waals surface area contributed by atoms with E-state index in [1.807, 2.05) is 7.05 Å². The third-order valence-electron chi connectivity index (χ3n) is 5.53. The Balaban J connectivity index is 1.46. The minimum Gasteiger partial charge on any atom is -0.388 e. The average Bonchev–Trinajstić information content (AvgIpc) is 2.87. The number of H-pyrrole nitrogens is 1. The van der Waals surface area contributed by atoms with Crippen LogP contribution in [0.1, 0.15) is 24.1 Å². The SMILES string of the molecule is CNc1cccc2[nH]c3c(c12)CCN(CCC1C=CC=CC1)CC3. The van der Waals surface area contributed by atoms with Crippen molar-refractivity contribution in [3.63, 3.8) is 0 Å². The van der Waals surface area contributed by atoms with Crippen LogP contribution >= 0.6 is 0 Å². The molecule has 24 heavy (non-hydrogen) atoms. The molecule has 126 valence electrons. The van der Waals surface area contributed by atoms with Gasteiger partial charge in [-0.25, -0.2) is 0 Å². The lowest BCUT2D eigenvalue weighted by Gasteiger charge is -2.22. The summed E-state index contributed by atoms with van der Waals surface area (Å²) in [5, 5.41) is 4.76. The van der Waals surface area contributed by atoms with E-state index < -0.39 is 0 Å². The van der Waals surface area contributed by atoms with E-state index in [0.717, 1.165) is 18.8 Å². The van der Waals surface area contributed by atoms with Crippen molar-refractivity contribution in [2.24, 2.45) is 5.92 Å². The van der Waals surface area contributed by atoms with Crippen LogP contribution in [0.15, 0.2) is 42.5 Å². The maximum atomic E-state index is 3.67. The predicted molar refractivity (Wildman–Crippen MR) is 103 cm³/mol. The first-order valence-corrected chi connectivity index (χ1v) is 9.21. The molecule has 2 heterocycles. The van der Waals surface area contributed by atoms with Crippen LogP contribution in [0.5, 0.6) is 0 Å². The molecule has 3 nitrogen and oxygen atoms in total. The van der Waals surface area contributed by atoms with Gasteiger partial charge in [-0.3, -0.25) is 0 Å². The van der Waals surface area contributed by atoms with Crippen LogP contribution in [0.4, 0.5) is 5.69 Å². The molecule has 0 saturated carbocycles. The molecule has 1 aromatic heterocycles. The first-order chi connectivity index (χ1) is 11.8. The molecule has 4 rings (SSSR count). The van der Waals surface area contributed by atoms with E-state index in [1.165, 1.54) is 60.3 Å². The highest BCUT2D eigenvalue weighted by Crippen LogP contribution is 2.31. The van der Waals surface area contributed by atoms with Gasteiger partial charge in [0.2, 0.25) is 0 Å². The fourth-order valence-corrected chi connectivity index (χ4v) is 4.14. The molecule has 0 spiro atoms. The van der Waals surface area contributed by atoms with Crippen LogP contribution in [0.2, 0.25) is 0 Å². The summed E-state index contributed by atoms with van der Waals surface area (Å²) in [4.78, 5) is 6.32. The van der Waals surface area contributed by atoms with Gasteiger partial charge in [0.15, 0.2) is 0 Å². The lowest BCUT2D eigenvalue weighted by Crippen LogP contribution is -2.28. The summed E-state index contributed by atoms with van der Waals surface area (Å²) >= 11 is 0. The lowest BCUT2D eigenvalue weighted by molar-refractivity contribution is 0.271. The Hall–Kier alpha value is -2.00. The number of nitrogens with one attached hydrogen (secondary N) is 2. The average molecular weight is 321 g/mol. The monoisotopic (exact) mass is 321 g/mol. The van der Waals surface area contributed by atoms with E-state index in [2.05, 4.69) is 57.7 Å². The molecule has 0 amide bonds. The van der Waals surface area contributed by atoms with Crippen molar-refractivity contribution in [1.29, 1.82) is 0 Å². The maximum Gasteiger partial charge on any atom is 0.0479 e. The summed E-state index contributed by atoms with van der Waals surface area (Å²) in [5.41, 5.74) is 5.49. The summed E-state index contributed by atoms with van der Waals surface area (Å²) in [7, 11) is 2.02. The Labute approximate surface area is 144 Å². The van der Waals surface area contributed by atoms with Crippen molar-refractivity contribution in [3.8, 4) is 0 Å². The van der Waals surface area contributed by atoms with Gasteiger partial charge in [0.25, 0.3) is 0 Å². The Morgan fingerprint density at radius 3 is 2.96 bits per heavy atom. The van der Waals surface area contributed by atoms with Crippen molar-refractivity contribution in [3.05, 3.63) is 53.8 Å². The molecule has 0 bridgehead atoms. The zero-order chi connectivity index (χ0) is 16.4. The molecule has 0 radical (unpaired) electrons. The lowest BCUT2D eigenvalue weighted by atomic mass is 9.97. The number of aromatic nitrogens is 1. The van der Waals surface area contributed by atoms with E-state index in [4.69, 9.17) is 0 Å². The highest BCUT2D eigenvalue weighted by Gasteiger charge is 2.20. The molecule has 1 aromatic carbocycles. The Morgan fingerprint density at radius 1 is 1.21 bits per heavy atom. The van der Waals surface area contributed by atoms with Crippen LogP contribution < -0.4 is 5.32 Å². The summed E-state index contributed by atoms with van der Waals surface area (Å²) < 4.78 is 0. The van der Waals surface area contributed by atoms with E-state index in [1.54, 1.807) is 0 Å². The second kappa shape index (κ2) is 6.86. The molecule has 2 N–H and O–H groups in total. The number of allylic oxidation sites excluding steroid dienone is 4. The molecular weight excluding hydrogens is 294 g/mol. The van der Waals surface area contributed by atoms with Gasteiger partial charge in [-0.15, -0.1) is 0 Å². The summed E-state index contributed by atoms with van der Waals surface area (Å²) in [6.07, 6.45) is 13.8. The number of anilines is 1. The van der Waals surface area contributed by atoms with Crippen molar-refractivity contribution in [2.45, 2.75) is 25.7 Å². The van der Waals surface area contributed by atoms with Crippen LogP contribution in [0, 0.1) is 5.92 Å². The second-order valence-corrected chi connectivity index (χ2v) is 7.00. The minimum atomic E-state index is 0.729. The second-order valence-electron chi connectivity index (χ2n) is 7.00. The number of benzene rings is 1. The van der Waals surface area contributed by atoms with E-state index >= 15 is 0 Å². The van der Waals surface area contributed by atoms with Crippen molar-refractivity contribution >= 4 is 16.6 Å². The van der Waals surface area contributed by atoms with Gasteiger partial charge in [-0.05, 0) is 49.4 Å². The third-order valence-corrected chi connectivity index (χ3v) is 5.53. The number of aromatic amines is 1. The molecule has 2 aliphatic rings. The van der Waals surface area contributed by atoms with Crippen molar-refractivity contribution in [1.82, 2.24) is 9.88 Å². The summed E-state index contributed by atoms with van der Waals surface area (Å²) in [6, 6.07) is 6.51. The first-order valence-electron chi connectivity index (χ1n) is 9.21. The largest absolute Gasteiger partial charge is 0.388 e. The van der Waals surface area contributed by atoms with Crippen LogP contribution in [-0.4, -0.2) is 36.6 Å². The molecule has 2 aromatic rings. The molecule has 1 aliphatic carbocycles. The van der Waals surface area contributed by atoms with Crippen LogP contribution in [0.3, 0.4) is 0 Å². The fourth-order valence-electron chi connectivity index (χ4n) is 4.14. The maximum absolute atomic E-state index is 3.67. The van der Waals surface area contributed by atoms with E-state index in [9.17, 15) is 0 Å². The first kappa shape index (κ1) is 15.5. The van der Waals surface area contributed by atoms with Gasteiger partial charge in [0.05, 0.1) is 0 Å². The number of fused-ring (bicyclic) bond motifs is 3. The molecule has 0 fully saturated rings. The number of nitrogens with zero attached hydrogens (tertiary/aromatic N) is 1. The molecule has 1 aliphatic heterocycles. The molecule has 1 unspecified atom stereocenters. The third kappa shape index (κ3) is 3.01. The van der Waals surface area contributed by atoms with Gasteiger partial charge < -0.3 is 15.2 Å². The number of hydrogen-bond acceptors (Lipinski definition) is 2. The minimum absolute atomic E-state index is 0.729. The van der Waals surface area contributed by atoms with Crippen LogP contribution in [-0.2, 0) is 12.8 Å². The van der Waals surface area contributed by atoms with Gasteiger partial charge in [0, 0.05) is 48.8 Å². The van der Waals surface area contributed by atoms with Gasteiger partial charge >= 0.3 is 0 Å². The quantitative estimate of drug-likeness (QED) is 0.887. The Morgan fingerprint density at radius 2 is 2.12 bits per heavy atom. The zero-order valence-corrected chi connectivity index (χ0v) is 14.5. The Kier molecular flexibility index (Phi) is 4.44. The van der Waals surface area contributed by atoms with E-state index in [-0.39, 0.29) is 0 Å².